The van der Waals surface area contributed by atoms with Crippen LogP contribution >= 0.6 is 0 Å². The molecule has 1 N–H and O–H groups in total. The van der Waals surface area contributed by atoms with Gasteiger partial charge in [-0.25, -0.2) is 0 Å². The van der Waals surface area contributed by atoms with Gasteiger partial charge < -0.3 is 14.8 Å². The Morgan fingerprint density at radius 1 is 1.19 bits per heavy atom. The van der Waals surface area contributed by atoms with Crippen molar-refractivity contribution in [1.82, 2.24) is 15.1 Å². The van der Waals surface area contributed by atoms with Crippen molar-refractivity contribution in [3.05, 3.63) is 17.0 Å². The molecule has 0 spiro atoms. The molecule has 21 heavy (non-hydrogen) atoms. The largest absolute Gasteiger partial charge is 0.382 e. The van der Waals surface area contributed by atoms with Crippen LogP contribution in [0.4, 0.5) is 0 Å². The number of nitrogens with zero attached hydrogens (tertiary/aromatic N) is 2. The summed E-state index contributed by atoms with van der Waals surface area (Å²) in [5.74, 6) is 0.694. The summed E-state index contributed by atoms with van der Waals surface area (Å²) in [4.78, 5) is 0. The van der Waals surface area contributed by atoms with E-state index < -0.39 is 0 Å². The fourth-order valence-corrected chi connectivity index (χ4v) is 2.31. The first-order valence-corrected chi connectivity index (χ1v) is 7.86. The number of hydrogen-bond donors (Lipinski definition) is 1. The first-order valence-electron chi connectivity index (χ1n) is 7.86. The Kier molecular flexibility index (Phi) is 8.57. The molecule has 0 atom stereocenters. The quantitative estimate of drug-likeness (QED) is 0.634. The third-order valence-corrected chi connectivity index (χ3v) is 3.51. The molecule has 0 fully saturated rings. The number of ether oxygens (including phenoxy) is 2. The SMILES string of the molecule is COCCOCCn1nc(C)c(CCNCC(C)C)c1C. The summed E-state index contributed by atoms with van der Waals surface area (Å²) in [6.45, 7) is 13.5. The monoisotopic (exact) mass is 297 g/mol. The lowest BCUT2D eigenvalue weighted by Gasteiger charge is -2.08. The van der Waals surface area contributed by atoms with Crippen LogP contribution in [0.25, 0.3) is 0 Å². The molecule has 5 nitrogen and oxygen atoms in total. The highest BCUT2D eigenvalue weighted by Crippen LogP contribution is 2.13. The molecule has 0 saturated carbocycles. The fourth-order valence-electron chi connectivity index (χ4n) is 2.31. The van der Waals surface area contributed by atoms with E-state index in [2.05, 4.69) is 42.8 Å². The zero-order valence-electron chi connectivity index (χ0n) is 14.2. The predicted molar refractivity (Wildman–Crippen MR) is 85.8 cm³/mol. The third-order valence-electron chi connectivity index (χ3n) is 3.51. The van der Waals surface area contributed by atoms with E-state index in [-0.39, 0.29) is 0 Å². The minimum absolute atomic E-state index is 0.641. The van der Waals surface area contributed by atoms with Gasteiger partial charge in [-0.05, 0) is 44.8 Å². The van der Waals surface area contributed by atoms with Gasteiger partial charge in [0.25, 0.3) is 0 Å². The molecule has 1 rings (SSSR count). The highest BCUT2D eigenvalue weighted by molar-refractivity contribution is 5.24. The Labute approximate surface area is 129 Å². The normalized spacial score (nSPS) is 11.5. The van der Waals surface area contributed by atoms with E-state index in [0.29, 0.717) is 25.7 Å². The van der Waals surface area contributed by atoms with Crippen LogP contribution in [0.5, 0.6) is 0 Å². The first-order chi connectivity index (χ1) is 10.1. The Morgan fingerprint density at radius 3 is 2.62 bits per heavy atom. The number of aryl methyl sites for hydroxylation is 1. The van der Waals surface area contributed by atoms with E-state index in [4.69, 9.17) is 9.47 Å². The number of methoxy groups -OCH3 is 1. The van der Waals surface area contributed by atoms with E-state index >= 15 is 0 Å². The molecule has 122 valence electrons. The lowest BCUT2D eigenvalue weighted by atomic mass is 10.1. The van der Waals surface area contributed by atoms with Gasteiger partial charge in [0, 0.05) is 12.8 Å². The second kappa shape index (κ2) is 9.92. The van der Waals surface area contributed by atoms with Crippen LogP contribution in [0, 0.1) is 19.8 Å². The maximum Gasteiger partial charge on any atom is 0.0701 e. The van der Waals surface area contributed by atoms with E-state index in [1.54, 1.807) is 7.11 Å². The molecule has 1 aromatic rings. The van der Waals surface area contributed by atoms with Gasteiger partial charge in [-0.2, -0.15) is 5.10 Å². The molecule has 5 heteroatoms. The highest BCUT2D eigenvalue weighted by atomic mass is 16.5. The Hall–Kier alpha value is -0.910. The van der Waals surface area contributed by atoms with Gasteiger partial charge in [0.05, 0.1) is 32.1 Å². The number of nitrogens with one attached hydrogen (secondary N) is 1. The number of hydrogen-bond acceptors (Lipinski definition) is 4. The number of aromatic nitrogens is 2. The van der Waals surface area contributed by atoms with E-state index in [1.807, 2.05) is 0 Å². The lowest BCUT2D eigenvalue weighted by molar-refractivity contribution is 0.0651. The van der Waals surface area contributed by atoms with Crippen molar-refractivity contribution in [3.8, 4) is 0 Å². The molecule has 0 aliphatic rings. The fraction of sp³-hybridized carbons (Fsp3) is 0.812. The minimum atomic E-state index is 0.641. The molecule has 0 radical (unpaired) electrons. The molecule has 0 aromatic carbocycles. The minimum Gasteiger partial charge on any atom is -0.382 e. The van der Waals surface area contributed by atoms with Crippen LogP contribution in [0.2, 0.25) is 0 Å². The summed E-state index contributed by atoms with van der Waals surface area (Å²) in [5.41, 5.74) is 3.76. The molecule has 0 amide bonds. The van der Waals surface area contributed by atoms with Gasteiger partial charge in [-0.15, -0.1) is 0 Å². The zero-order chi connectivity index (χ0) is 15.7. The van der Waals surface area contributed by atoms with Crippen molar-refractivity contribution < 1.29 is 9.47 Å². The van der Waals surface area contributed by atoms with E-state index in [1.165, 1.54) is 11.3 Å². The summed E-state index contributed by atoms with van der Waals surface area (Å²) in [6, 6.07) is 0. The molecule has 1 aromatic heterocycles. The van der Waals surface area contributed by atoms with Crippen LogP contribution in [0.3, 0.4) is 0 Å². The topological polar surface area (TPSA) is 48.3 Å². The standard InChI is InChI=1S/C16H31N3O2/c1-13(2)12-17-7-6-16-14(3)18-19(15(16)4)8-9-21-11-10-20-5/h13,17H,6-12H2,1-5H3. The summed E-state index contributed by atoms with van der Waals surface area (Å²) in [7, 11) is 1.68. The molecule has 0 aliphatic carbocycles. The second-order valence-electron chi connectivity index (χ2n) is 5.83. The van der Waals surface area contributed by atoms with Crippen LogP contribution < -0.4 is 5.32 Å². The summed E-state index contributed by atoms with van der Waals surface area (Å²) < 4.78 is 12.5. The van der Waals surface area contributed by atoms with Crippen molar-refractivity contribution in [2.45, 2.75) is 40.7 Å². The molecule has 1 heterocycles. The summed E-state index contributed by atoms with van der Waals surface area (Å²) >= 11 is 0. The number of rotatable bonds is 11. The molecule has 0 unspecified atom stereocenters. The lowest BCUT2D eigenvalue weighted by Crippen LogP contribution is -2.22. The van der Waals surface area contributed by atoms with Crippen LogP contribution in [-0.4, -0.2) is 49.8 Å². The maximum absolute atomic E-state index is 5.51. The molecule has 0 aliphatic heterocycles. The van der Waals surface area contributed by atoms with E-state index in [0.717, 1.165) is 31.7 Å². The van der Waals surface area contributed by atoms with Crippen LogP contribution in [-0.2, 0) is 22.4 Å². The average Bonchev–Trinajstić information content (AvgIpc) is 2.70. The molecule has 0 saturated heterocycles. The second-order valence-corrected chi connectivity index (χ2v) is 5.83. The van der Waals surface area contributed by atoms with Gasteiger partial charge in [-0.3, -0.25) is 4.68 Å². The van der Waals surface area contributed by atoms with Crippen molar-refractivity contribution >= 4 is 0 Å². The van der Waals surface area contributed by atoms with Gasteiger partial charge in [0.2, 0.25) is 0 Å². The van der Waals surface area contributed by atoms with Gasteiger partial charge in [0.1, 0.15) is 0 Å². The summed E-state index contributed by atoms with van der Waals surface area (Å²) in [5, 5.41) is 8.11. The average molecular weight is 297 g/mol. The van der Waals surface area contributed by atoms with Gasteiger partial charge >= 0.3 is 0 Å². The maximum atomic E-state index is 5.51. The Morgan fingerprint density at radius 2 is 1.95 bits per heavy atom. The Bertz CT molecular complexity index is 402. The van der Waals surface area contributed by atoms with Gasteiger partial charge in [0.15, 0.2) is 0 Å². The molecular formula is C16H31N3O2. The molecular weight excluding hydrogens is 266 g/mol. The predicted octanol–water partition coefficient (Wildman–Crippen LogP) is 1.95. The summed E-state index contributed by atoms with van der Waals surface area (Å²) in [6.07, 6.45) is 1.04. The highest BCUT2D eigenvalue weighted by Gasteiger charge is 2.10. The smallest absolute Gasteiger partial charge is 0.0701 e. The zero-order valence-corrected chi connectivity index (χ0v) is 14.2. The van der Waals surface area contributed by atoms with Crippen molar-refractivity contribution in [1.29, 1.82) is 0 Å². The van der Waals surface area contributed by atoms with Gasteiger partial charge in [-0.1, -0.05) is 13.8 Å². The van der Waals surface area contributed by atoms with Crippen LogP contribution in [0.15, 0.2) is 0 Å². The van der Waals surface area contributed by atoms with Crippen molar-refractivity contribution in [3.63, 3.8) is 0 Å². The van der Waals surface area contributed by atoms with Crippen LogP contribution in [0.1, 0.15) is 30.8 Å². The van der Waals surface area contributed by atoms with E-state index in [9.17, 15) is 0 Å². The third kappa shape index (κ3) is 6.59. The Balaban J connectivity index is 2.40. The first kappa shape index (κ1) is 18.1. The molecule has 0 bridgehead atoms. The van der Waals surface area contributed by atoms with Crippen molar-refractivity contribution in [2.75, 3.05) is 40.0 Å². The van der Waals surface area contributed by atoms with Crippen molar-refractivity contribution in [2.24, 2.45) is 5.92 Å².